The Morgan fingerprint density at radius 1 is 1.00 bits per heavy atom. The molecular formula is C34H39BrF4N9O3P. The van der Waals surface area contributed by atoms with Crippen LogP contribution in [0.25, 0.3) is 11.1 Å². The summed E-state index contributed by atoms with van der Waals surface area (Å²) in [4.78, 5) is 26.2. The van der Waals surface area contributed by atoms with Crippen LogP contribution in [-0.2, 0) is 16.4 Å². The van der Waals surface area contributed by atoms with Crippen LogP contribution < -0.4 is 25.6 Å². The lowest BCUT2D eigenvalue weighted by molar-refractivity contribution is -0.187. The fraction of sp³-hybridized carbons (Fsp3) is 0.412. The molecule has 0 radical (unpaired) electrons. The van der Waals surface area contributed by atoms with Crippen molar-refractivity contribution in [2.75, 3.05) is 75.2 Å². The summed E-state index contributed by atoms with van der Waals surface area (Å²) in [5.41, 5.74) is 3.75. The number of carbonyl (C=O) groups is 1. The predicted molar refractivity (Wildman–Crippen MR) is 196 cm³/mol. The van der Waals surface area contributed by atoms with E-state index in [4.69, 9.17) is 4.74 Å². The van der Waals surface area contributed by atoms with Gasteiger partial charge in [-0.2, -0.15) is 23.3 Å². The summed E-state index contributed by atoms with van der Waals surface area (Å²) in [5, 5.41) is 11.2. The molecule has 2 aliphatic rings. The first kappa shape index (κ1) is 37.5. The Hall–Kier alpha value is -4.21. The highest BCUT2D eigenvalue weighted by Crippen LogP contribution is 2.42. The molecule has 1 amide bonds. The van der Waals surface area contributed by atoms with Gasteiger partial charge in [0.15, 0.2) is 0 Å². The Morgan fingerprint density at radius 3 is 2.33 bits per heavy atom. The standard InChI is InChI=1S/C34H39BrF4N9O3P/c1-45-20-21(18-41-45)24-16-27(43-33-40-19-25(35)31(44-33)42-26-6-5-22(36)15-30(26)52(3,4)50)29(51-2)17-28(24)47-9-7-23(8-10-47)46-11-13-48(14-12-46)32(49)34(37,38)39/h5-6,15-20,23H,7-14H2,1-4H3,(H2,40,42,43,44). The molecular weight excluding hydrogens is 769 g/mol. The summed E-state index contributed by atoms with van der Waals surface area (Å²) in [6, 6.07) is 8.17. The van der Waals surface area contributed by atoms with E-state index in [1.807, 2.05) is 25.4 Å². The summed E-state index contributed by atoms with van der Waals surface area (Å²) >= 11 is 3.48. The number of hydrogen-bond acceptors (Lipinski definition) is 10. The Bertz CT molecular complexity index is 1990. The molecule has 4 heterocycles. The number of amides is 1. The highest BCUT2D eigenvalue weighted by atomic mass is 79.9. The third kappa shape index (κ3) is 8.37. The maximum atomic E-state index is 14.1. The molecule has 2 aromatic heterocycles. The maximum Gasteiger partial charge on any atom is 0.471 e. The van der Waals surface area contributed by atoms with E-state index in [1.54, 1.807) is 37.5 Å². The number of aromatic nitrogens is 4. The zero-order valence-electron chi connectivity index (χ0n) is 29.0. The summed E-state index contributed by atoms with van der Waals surface area (Å²) in [7, 11) is 0.574. The third-order valence-corrected chi connectivity index (χ3v) is 11.4. The van der Waals surface area contributed by atoms with Crippen molar-refractivity contribution in [3.63, 3.8) is 0 Å². The molecule has 2 aromatic carbocycles. The van der Waals surface area contributed by atoms with Crippen molar-refractivity contribution >= 4 is 63.1 Å². The third-order valence-electron chi connectivity index (χ3n) is 9.28. The molecule has 18 heteroatoms. The van der Waals surface area contributed by atoms with E-state index in [2.05, 4.69) is 51.4 Å². The fourth-order valence-corrected chi connectivity index (χ4v) is 8.08. The Kier molecular flexibility index (Phi) is 10.9. The van der Waals surface area contributed by atoms with Crippen LogP contribution in [0.3, 0.4) is 0 Å². The molecule has 2 N–H and O–H groups in total. The van der Waals surface area contributed by atoms with Gasteiger partial charge in [-0.25, -0.2) is 9.37 Å². The molecule has 0 bridgehead atoms. The van der Waals surface area contributed by atoms with Crippen LogP contribution in [-0.4, -0.2) is 107 Å². The molecule has 0 saturated carbocycles. The van der Waals surface area contributed by atoms with Crippen molar-refractivity contribution in [3.05, 3.63) is 59.2 Å². The van der Waals surface area contributed by atoms with Crippen LogP contribution in [0.15, 0.2) is 53.4 Å². The minimum Gasteiger partial charge on any atom is -0.494 e. The maximum absolute atomic E-state index is 14.1. The number of aryl methyl sites for hydroxylation is 1. The highest BCUT2D eigenvalue weighted by molar-refractivity contribution is 9.10. The van der Waals surface area contributed by atoms with Crippen LogP contribution in [0.1, 0.15) is 12.8 Å². The van der Waals surface area contributed by atoms with Crippen molar-refractivity contribution in [2.24, 2.45) is 7.05 Å². The van der Waals surface area contributed by atoms with E-state index < -0.39 is 25.0 Å². The van der Waals surface area contributed by atoms with Crippen molar-refractivity contribution in [1.82, 2.24) is 29.5 Å². The van der Waals surface area contributed by atoms with Crippen molar-refractivity contribution in [2.45, 2.75) is 25.1 Å². The van der Waals surface area contributed by atoms with E-state index in [0.717, 1.165) is 34.6 Å². The highest BCUT2D eigenvalue weighted by Gasteiger charge is 2.43. The summed E-state index contributed by atoms with van der Waals surface area (Å²) in [6.07, 6.45) is 2.01. The molecule has 52 heavy (non-hydrogen) atoms. The van der Waals surface area contributed by atoms with Crippen LogP contribution in [0.2, 0.25) is 0 Å². The number of hydrogen-bond donors (Lipinski definition) is 2. The molecule has 0 atom stereocenters. The van der Waals surface area contributed by atoms with E-state index in [-0.39, 0.29) is 25.1 Å². The van der Waals surface area contributed by atoms with Gasteiger partial charge in [0.05, 0.1) is 29.2 Å². The second-order valence-corrected chi connectivity index (χ2v) is 17.2. The first-order chi connectivity index (χ1) is 24.6. The van der Waals surface area contributed by atoms with Gasteiger partial charge in [-0.1, -0.05) is 0 Å². The summed E-state index contributed by atoms with van der Waals surface area (Å²) in [6.45, 7) is 5.47. The van der Waals surface area contributed by atoms with Gasteiger partial charge in [0, 0.05) is 92.9 Å². The average molecular weight is 809 g/mol. The molecule has 2 fully saturated rings. The van der Waals surface area contributed by atoms with Crippen LogP contribution in [0.5, 0.6) is 5.75 Å². The van der Waals surface area contributed by atoms with E-state index in [0.29, 0.717) is 58.9 Å². The van der Waals surface area contributed by atoms with Gasteiger partial charge in [0.25, 0.3) is 0 Å². The first-order valence-corrected chi connectivity index (χ1v) is 20.0. The number of alkyl halides is 3. The van der Waals surface area contributed by atoms with Crippen molar-refractivity contribution in [3.8, 4) is 16.9 Å². The fourth-order valence-electron chi connectivity index (χ4n) is 6.65. The topological polar surface area (TPSA) is 121 Å². The SMILES string of the molecule is COc1cc(N2CCC(N3CCN(C(=O)C(F)(F)F)CC3)CC2)c(-c2cnn(C)c2)cc1Nc1ncc(Br)c(Nc2ccc(F)cc2P(C)(C)=O)n1. The lowest BCUT2D eigenvalue weighted by Gasteiger charge is -2.43. The van der Waals surface area contributed by atoms with Gasteiger partial charge in [0.2, 0.25) is 5.95 Å². The van der Waals surface area contributed by atoms with Crippen LogP contribution in [0, 0.1) is 5.82 Å². The largest absolute Gasteiger partial charge is 0.494 e. The van der Waals surface area contributed by atoms with Crippen molar-refractivity contribution < 1.29 is 31.7 Å². The zero-order valence-corrected chi connectivity index (χ0v) is 31.5. The van der Waals surface area contributed by atoms with Gasteiger partial charge in [-0.05, 0) is 66.4 Å². The normalized spacial score (nSPS) is 16.2. The number of halogens is 5. The number of piperazine rings is 1. The smallest absolute Gasteiger partial charge is 0.471 e. The van der Waals surface area contributed by atoms with Crippen molar-refractivity contribution in [1.29, 1.82) is 0 Å². The van der Waals surface area contributed by atoms with E-state index >= 15 is 0 Å². The molecule has 12 nitrogen and oxygen atoms in total. The van der Waals surface area contributed by atoms with Gasteiger partial charge < -0.3 is 29.7 Å². The summed E-state index contributed by atoms with van der Waals surface area (Å²) in [5.74, 6) is -1.11. The van der Waals surface area contributed by atoms with E-state index in [1.165, 1.54) is 18.2 Å². The number of nitrogens with one attached hydrogen (secondary N) is 2. The lowest BCUT2D eigenvalue weighted by atomic mass is 9.98. The molecule has 4 aromatic rings. The predicted octanol–water partition coefficient (Wildman–Crippen LogP) is 6.20. The molecule has 0 unspecified atom stereocenters. The molecule has 0 spiro atoms. The Labute approximate surface area is 307 Å². The molecule has 6 rings (SSSR count). The lowest BCUT2D eigenvalue weighted by Crippen LogP contribution is -2.56. The number of benzene rings is 2. The van der Waals surface area contributed by atoms with E-state index in [9.17, 15) is 26.9 Å². The number of anilines is 5. The van der Waals surface area contributed by atoms with Crippen LogP contribution >= 0.6 is 23.1 Å². The van der Waals surface area contributed by atoms with Gasteiger partial charge in [0.1, 0.15) is 24.5 Å². The van der Waals surface area contributed by atoms with Gasteiger partial charge >= 0.3 is 12.1 Å². The zero-order chi connectivity index (χ0) is 37.4. The Morgan fingerprint density at radius 2 is 1.71 bits per heavy atom. The molecule has 2 saturated heterocycles. The number of rotatable bonds is 9. The number of piperidine rings is 1. The second kappa shape index (κ2) is 15.0. The number of ether oxygens (including phenoxy) is 1. The van der Waals surface area contributed by atoms with Gasteiger partial charge in [-0.15, -0.1) is 0 Å². The molecule has 2 aliphatic heterocycles. The summed E-state index contributed by atoms with van der Waals surface area (Å²) < 4.78 is 73.9. The number of nitrogens with zero attached hydrogens (tertiary/aromatic N) is 7. The monoisotopic (exact) mass is 807 g/mol. The Balaban J connectivity index is 1.22. The average Bonchev–Trinajstić information content (AvgIpc) is 3.55. The second-order valence-electron chi connectivity index (χ2n) is 13.2. The quantitative estimate of drug-likeness (QED) is 0.150. The molecule has 278 valence electrons. The minimum atomic E-state index is -4.86. The minimum absolute atomic E-state index is 0.0574. The first-order valence-electron chi connectivity index (χ1n) is 16.6. The number of carbonyl (C=O) groups excluding carboxylic acids is 1. The molecule has 0 aliphatic carbocycles. The van der Waals surface area contributed by atoms with Crippen LogP contribution in [0.4, 0.5) is 46.4 Å². The van der Waals surface area contributed by atoms with Gasteiger partial charge in [-0.3, -0.25) is 14.4 Å². The number of methoxy groups -OCH3 is 1.